The first kappa shape index (κ1) is 5.93. The van der Waals surface area contributed by atoms with Gasteiger partial charge in [-0.3, -0.25) is 0 Å². The average molecular weight is 284 g/mol. The van der Waals surface area contributed by atoms with Crippen LogP contribution in [0, 0.1) is 0 Å². The molecule has 8 heavy (non-hydrogen) atoms. The second-order valence-electron chi connectivity index (χ2n) is 1.44. The van der Waals surface area contributed by atoms with Gasteiger partial charge in [-0.25, -0.2) is 0 Å². The topological polar surface area (TPSA) is 12.9 Å². The molecule has 0 saturated carbocycles. The van der Waals surface area contributed by atoms with Crippen molar-refractivity contribution in [3.63, 3.8) is 0 Å². The van der Waals surface area contributed by atoms with Crippen LogP contribution in [0.5, 0.6) is 0 Å². The van der Waals surface area contributed by atoms with Crippen molar-refractivity contribution in [1.29, 1.82) is 0 Å². The minimum atomic E-state index is 1.03. The molecule has 0 aliphatic carbocycles. The van der Waals surface area contributed by atoms with Crippen molar-refractivity contribution in [1.82, 2.24) is 4.98 Å². The van der Waals surface area contributed by atoms with E-state index in [2.05, 4.69) is 23.9 Å². The van der Waals surface area contributed by atoms with Crippen LogP contribution >= 0.6 is 0 Å². The van der Waals surface area contributed by atoms with Gasteiger partial charge in [-0.15, -0.1) is 0 Å². The van der Waals surface area contributed by atoms with Gasteiger partial charge in [0.25, 0.3) is 0 Å². The van der Waals surface area contributed by atoms with E-state index in [1.807, 2.05) is 24.4 Å². The maximum absolute atomic E-state index is 4.10. The SMILES string of the molecule is [Ir][CH2]c1ccccn1. The summed E-state index contributed by atoms with van der Waals surface area (Å²) in [5, 5.41) is 0. The first-order valence-electron chi connectivity index (χ1n) is 2.36. The van der Waals surface area contributed by atoms with Crippen molar-refractivity contribution in [2.45, 2.75) is 4.93 Å². The van der Waals surface area contributed by atoms with Crippen LogP contribution in [0.3, 0.4) is 0 Å². The van der Waals surface area contributed by atoms with Gasteiger partial charge in [0.2, 0.25) is 0 Å². The zero-order valence-corrected chi connectivity index (χ0v) is 6.69. The van der Waals surface area contributed by atoms with E-state index in [-0.39, 0.29) is 0 Å². The molecular weight excluding hydrogens is 278 g/mol. The summed E-state index contributed by atoms with van der Waals surface area (Å²) in [6, 6.07) is 5.96. The molecule has 1 heterocycles. The molecule has 0 spiro atoms. The third kappa shape index (κ3) is 1.39. The molecular formula is C6H6IrN. The Labute approximate surface area is 59.3 Å². The summed E-state index contributed by atoms with van der Waals surface area (Å²) >= 11 is 2.10. The van der Waals surface area contributed by atoms with Crippen molar-refractivity contribution >= 4 is 0 Å². The van der Waals surface area contributed by atoms with Gasteiger partial charge in [-0.05, 0) is 0 Å². The van der Waals surface area contributed by atoms with Crippen LogP contribution in [0.15, 0.2) is 24.4 Å². The molecule has 0 fully saturated rings. The van der Waals surface area contributed by atoms with Gasteiger partial charge < -0.3 is 0 Å². The summed E-state index contributed by atoms with van der Waals surface area (Å²) < 4.78 is 0. The Kier molecular flexibility index (Phi) is 2.19. The number of pyridine rings is 1. The molecule has 2 heteroatoms. The van der Waals surface area contributed by atoms with Crippen LogP contribution in [0.25, 0.3) is 0 Å². The summed E-state index contributed by atoms with van der Waals surface area (Å²) in [7, 11) is 0. The third-order valence-corrected chi connectivity index (χ3v) is 1.71. The van der Waals surface area contributed by atoms with E-state index in [4.69, 9.17) is 0 Å². The molecule has 44 valence electrons. The molecule has 1 aromatic rings. The van der Waals surface area contributed by atoms with Crippen LogP contribution in [0.2, 0.25) is 0 Å². The number of nitrogens with zero attached hydrogens (tertiary/aromatic N) is 1. The molecule has 0 unspecified atom stereocenters. The fraction of sp³-hybridized carbons (Fsp3) is 0.167. The molecule has 0 aliphatic rings. The van der Waals surface area contributed by atoms with Gasteiger partial charge in [0.1, 0.15) is 0 Å². The summed E-state index contributed by atoms with van der Waals surface area (Å²) in [6.07, 6.45) is 1.82. The zero-order chi connectivity index (χ0) is 5.82. The Hall–Kier alpha value is -0.201. The first-order valence-corrected chi connectivity index (χ1v) is 4.05. The van der Waals surface area contributed by atoms with E-state index in [9.17, 15) is 0 Å². The van der Waals surface area contributed by atoms with E-state index in [1.54, 1.807) is 0 Å². The van der Waals surface area contributed by atoms with Gasteiger partial charge in [0.15, 0.2) is 0 Å². The second kappa shape index (κ2) is 2.95. The Balaban J connectivity index is 2.83. The summed E-state index contributed by atoms with van der Waals surface area (Å²) in [4.78, 5) is 5.13. The maximum atomic E-state index is 4.10. The van der Waals surface area contributed by atoms with Gasteiger partial charge in [0, 0.05) is 0 Å². The molecule has 1 rings (SSSR count). The molecule has 0 radical (unpaired) electrons. The number of hydrogen-bond acceptors (Lipinski definition) is 1. The fourth-order valence-corrected chi connectivity index (χ4v) is 0.969. The van der Waals surface area contributed by atoms with E-state index >= 15 is 0 Å². The predicted molar refractivity (Wildman–Crippen MR) is 27.9 cm³/mol. The minimum absolute atomic E-state index is 1.03. The molecule has 0 bridgehead atoms. The van der Waals surface area contributed by atoms with E-state index < -0.39 is 0 Å². The Morgan fingerprint density at radius 1 is 1.50 bits per heavy atom. The fourth-order valence-electron chi connectivity index (χ4n) is 0.468. The quantitative estimate of drug-likeness (QED) is 0.753. The van der Waals surface area contributed by atoms with Gasteiger partial charge in [0.05, 0.1) is 0 Å². The van der Waals surface area contributed by atoms with Gasteiger partial charge in [-0.1, -0.05) is 0 Å². The number of aromatic nitrogens is 1. The molecule has 0 aromatic carbocycles. The van der Waals surface area contributed by atoms with Gasteiger partial charge >= 0.3 is 58.9 Å². The summed E-state index contributed by atoms with van der Waals surface area (Å²) in [6.45, 7) is 0. The average Bonchev–Trinajstić information content (AvgIpc) is 1.90. The Morgan fingerprint density at radius 3 is 2.75 bits per heavy atom. The normalized spacial score (nSPS) is 9.25. The standard InChI is InChI=1S/C6H6N.Ir/c1-6-4-2-3-5-7-6;/h2-5H,1H2;. The third-order valence-electron chi connectivity index (χ3n) is 0.847. The molecule has 0 aliphatic heterocycles. The molecule has 0 N–H and O–H groups in total. The Morgan fingerprint density at radius 2 is 2.38 bits per heavy atom. The second-order valence-corrected chi connectivity index (χ2v) is 2.29. The predicted octanol–water partition coefficient (Wildman–Crippen LogP) is 1.13. The van der Waals surface area contributed by atoms with Crippen molar-refractivity contribution in [3.8, 4) is 0 Å². The van der Waals surface area contributed by atoms with Crippen LogP contribution < -0.4 is 0 Å². The van der Waals surface area contributed by atoms with Crippen molar-refractivity contribution in [3.05, 3.63) is 30.1 Å². The van der Waals surface area contributed by atoms with E-state index in [0.29, 0.717) is 0 Å². The monoisotopic (exact) mass is 285 g/mol. The number of hydrogen-bond donors (Lipinski definition) is 0. The summed E-state index contributed by atoms with van der Waals surface area (Å²) in [5.74, 6) is 0. The van der Waals surface area contributed by atoms with Crippen LogP contribution in [0.4, 0.5) is 0 Å². The summed E-state index contributed by atoms with van der Waals surface area (Å²) in [5.41, 5.74) is 1.16. The van der Waals surface area contributed by atoms with Crippen LogP contribution in [-0.4, -0.2) is 4.98 Å². The molecule has 0 atom stereocenters. The van der Waals surface area contributed by atoms with E-state index in [0.717, 1.165) is 10.6 Å². The van der Waals surface area contributed by atoms with Crippen molar-refractivity contribution < 1.29 is 18.9 Å². The zero-order valence-electron chi connectivity index (χ0n) is 4.30. The molecule has 0 amide bonds. The Bertz CT molecular complexity index is 150. The van der Waals surface area contributed by atoms with Crippen molar-refractivity contribution in [2.75, 3.05) is 0 Å². The molecule has 1 aromatic heterocycles. The van der Waals surface area contributed by atoms with Crippen LogP contribution in [0.1, 0.15) is 5.69 Å². The van der Waals surface area contributed by atoms with Crippen molar-refractivity contribution in [2.24, 2.45) is 0 Å². The van der Waals surface area contributed by atoms with Gasteiger partial charge in [-0.2, -0.15) is 0 Å². The first-order chi connectivity index (χ1) is 3.93. The molecule has 1 nitrogen and oxygen atoms in total. The molecule has 0 saturated heterocycles. The van der Waals surface area contributed by atoms with E-state index in [1.165, 1.54) is 0 Å². The number of rotatable bonds is 1. The van der Waals surface area contributed by atoms with Crippen LogP contribution in [-0.2, 0) is 23.8 Å².